The quantitative estimate of drug-likeness (QED) is 0.743. The lowest BCUT2D eigenvalue weighted by molar-refractivity contribution is 0.435. The van der Waals surface area contributed by atoms with E-state index in [0.717, 1.165) is 37.4 Å². The van der Waals surface area contributed by atoms with E-state index in [4.69, 9.17) is 0 Å². The number of hydrogen-bond acceptors (Lipinski definition) is 5. The van der Waals surface area contributed by atoms with Gasteiger partial charge in [-0.2, -0.15) is 10.2 Å². The van der Waals surface area contributed by atoms with E-state index in [1.165, 1.54) is 6.33 Å². The predicted molar refractivity (Wildman–Crippen MR) is 92.7 cm³/mol. The first-order chi connectivity index (χ1) is 12.3. The molecule has 1 aliphatic rings. The van der Waals surface area contributed by atoms with Crippen molar-refractivity contribution in [1.82, 2.24) is 34.4 Å². The molecule has 0 radical (unpaired) electrons. The molecule has 130 valence electrons. The van der Waals surface area contributed by atoms with E-state index < -0.39 is 0 Å². The highest BCUT2D eigenvalue weighted by Crippen LogP contribution is 2.22. The lowest BCUT2D eigenvalue weighted by atomic mass is 9.99. The molecule has 25 heavy (non-hydrogen) atoms. The van der Waals surface area contributed by atoms with Crippen LogP contribution in [0, 0.1) is 0 Å². The summed E-state index contributed by atoms with van der Waals surface area (Å²) in [5.74, 6) is 1.08. The van der Waals surface area contributed by atoms with Crippen LogP contribution in [0.5, 0.6) is 0 Å². The lowest BCUT2D eigenvalue weighted by Gasteiger charge is -2.22. The van der Waals surface area contributed by atoms with Gasteiger partial charge in [-0.05, 0) is 31.5 Å². The Kier molecular flexibility index (Phi) is 4.43. The zero-order valence-corrected chi connectivity index (χ0v) is 14.0. The van der Waals surface area contributed by atoms with Gasteiger partial charge >= 0.3 is 5.69 Å². The van der Waals surface area contributed by atoms with Crippen molar-refractivity contribution in [2.24, 2.45) is 0 Å². The Balaban J connectivity index is 1.70. The van der Waals surface area contributed by atoms with Gasteiger partial charge in [-0.15, -0.1) is 0 Å². The first-order valence-electron chi connectivity index (χ1n) is 8.61. The van der Waals surface area contributed by atoms with E-state index in [9.17, 15) is 4.79 Å². The average Bonchev–Trinajstić information content (AvgIpc) is 3.29. The van der Waals surface area contributed by atoms with Gasteiger partial charge in [0.25, 0.3) is 0 Å². The molecule has 1 aromatic carbocycles. The van der Waals surface area contributed by atoms with Crippen LogP contribution >= 0.6 is 0 Å². The van der Waals surface area contributed by atoms with Crippen LogP contribution in [0.4, 0.5) is 0 Å². The van der Waals surface area contributed by atoms with E-state index in [0.29, 0.717) is 13.1 Å². The van der Waals surface area contributed by atoms with Gasteiger partial charge in [-0.3, -0.25) is 4.68 Å². The van der Waals surface area contributed by atoms with Crippen LogP contribution in [0.1, 0.15) is 24.6 Å². The first-order valence-corrected chi connectivity index (χ1v) is 8.61. The Hall–Kier alpha value is -2.74. The Morgan fingerprint density at radius 2 is 2.08 bits per heavy atom. The van der Waals surface area contributed by atoms with Gasteiger partial charge in [-0.1, -0.05) is 18.2 Å². The van der Waals surface area contributed by atoms with Crippen molar-refractivity contribution in [3.63, 3.8) is 0 Å². The number of hydrogen-bond donors (Lipinski definition) is 1. The zero-order chi connectivity index (χ0) is 17.1. The smallest absolute Gasteiger partial charge is 0.316 e. The molecule has 1 N–H and O–H groups in total. The van der Waals surface area contributed by atoms with Crippen LogP contribution in [0.15, 0.2) is 47.8 Å². The fraction of sp³-hybridized carbons (Fsp3) is 0.412. The maximum atomic E-state index is 13.0. The highest BCUT2D eigenvalue weighted by atomic mass is 16.2. The molecule has 1 saturated heterocycles. The average molecular weight is 339 g/mol. The highest BCUT2D eigenvalue weighted by Gasteiger charge is 2.24. The van der Waals surface area contributed by atoms with E-state index >= 15 is 0 Å². The second-order valence-corrected chi connectivity index (χ2v) is 6.24. The van der Waals surface area contributed by atoms with Gasteiger partial charge in [0, 0.05) is 12.5 Å². The van der Waals surface area contributed by atoms with Crippen molar-refractivity contribution in [3.05, 3.63) is 59.3 Å². The monoisotopic (exact) mass is 339 g/mol. The third-order valence-corrected chi connectivity index (χ3v) is 4.55. The molecule has 0 aliphatic carbocycles. The Morgan fingerprint density at radius 1 is 1.20 bits per heavy atom. The Labute approximate surface area is 145 Å². The molecule has 4 rings (SSSR count). The fourth-order valence-electron chi connectivity index (χ4n) is 3.27. The Bertz CT molecular complexity index is 860. The summed E-state index contributed by atoms with van der Waals surface area (Å²) in [5, 5.41) is 12.2. The second kappa shape index (κ2) is 7.02. The number of aromatic nitrogens is 6. The SMILES string of the molecule is O=c1n(CCn2cncn2)nc([C@H]2CCCNC2)n1-c1ccccc1. The summed E-state index contributed by atoms with van der Waals surface area (Å²) in [6.07, 6.45) is 5.27. The molecule has 0 amide bonds. The summed E-state index contributed by atoms with van der Waals surface area (Å²) in [6, 6.07) is 9.73. The minimum atomic E-state index is -0.105. The van der Waals surface area contributed by atoms with Crippen molar-refractivity contribution in [3.8, 4) is 5.69 Å². The first kappa shape index (κ1) is 15.8. The third kappa shape index (κ3) is 3.25. The summed E-state index contributed by atoms with van der Waals surface area (Å²) >= 11 is 0. The van der Waals surface area contributed by atoms with E-state index in [2.05, 4.69) is 20.5 Å². The van der Waals surface area contributed by atoms with Crippen LogP contribution < -0.4 is 11.0 Å². The lowest BCUT2D eigenvalue weighted by Crippen LogP contribution is -2.31. The molecule has 1 atom stereocenters. The number of piperidine rings is 1. The van der Waals surface area contributed by atoms with Crippen molar-refractivity contribution in [2.75, 3.05) is 13.1 Å². The van der Waals surface area contributed by atoms with Gasteiger partial charge in [-0.25, -0.2) is 19.0 Å². The maximum absolute atomic E-state index is 13.0. The summed E-state index contributed by atoms with van der Waals surface area (Å²) in [5.41, 5.74) is 0.756. The number of nitrogens with zero attached hydrogens (tertiary/aromatic N) is 6. The number of aryl methyl sites for hydroxylation is 2. The molecule has 3 heterocycles. The largest absolute Gasteiger partial charge is 0.350 e. The molecule has 0 unspecified atom stereocenters. The van der Waals surface area contributed by atoms with Gasteiger partial charge < -0.3 is 5.32 Å². The molecular weight excluding hydrogens is 318 g/mol. The van der Waals surface area contributed by atoms with Crippen molar-refractivity contribution < 1.29 is 0 Å². The molecule has 8 nitrogen and oxygen atoms in total. The number of rotatable bonds is 5. The molecule has 2 aromatic heterocycles. The molecule has 3 aromatic rings. The van der Waals surface area contributed by atoms with Gasteiger partial charge in [0.15, 0.2) is 0 Å². The standard InChI is InChI=1S/C17H21N7O/c25-17-23(10-9-22-13-19-12-20-22)21-16(14-5-4-8-18-11-14)24(17)15-6-2-1-3-7-15/h1-3,6-7,12-14,18H,4-5,8-11H2/t14-/m0/s1. The third-order valence-electron chi connectivity index (χ3n) is 4.55. The molecule has 0 saturated carbocycles. The van der Waals surface area contributed by atoms with E-state index in [1.807, 2.05) is 30.3 Å². The fourth-order valence-corrected chi connectivity index (χ4v) is 3.27. The van der Waals surface area contributed by atoms with Crippen molar-refractivity contribution >= 4 is 0 Å². The van der Waals surface area contributed by atoms with Gasteiger partial charge in [0.05, 0.1) is 18.8 Å². The summed E-state index contributed by atoms with van der Waals surface area (Å²) in [4.78, 5) is 16.9. The van der Waals surface area contributed by atoms with Crippen molar-refractivity contribution in [2.45, 2.75) is 31.8 Å². The molecule has 1 aliphatic heterocycles. The minimum Gasteiger partial charge on any atom is -0.316 e. The van der Waals surface area contributed by atoms with Crippen LogP contribution in [-0.2, 0) is 13.1 Å². The molecule has 1 fully saturated rings. The zero-order valence-electron chi connectivity index (χ0n) is 14.0. The minimum absolute atomic E-state index is 0.105. The molecular formula is C17H21N7O. The number of nitrogens with one attached hydrogen (secondary N) is 1. The maximum Gasteiger partial charge on any atom is 0.350 e. The number of para-hydroxylation sites is 1. The van der Waals surface area contributed by atoms with Crippen LogP contribution in [0.3, 0.4) is 0 Å². The Morgan fingerprint density at radius 3 is 2.80 bits per heavy atom. The van der Waals surface area contributed by atoms with Crippen LogP contribution in [0.25, 0.3) is 5.69 Å². The van der Waals surface area contributed by atoms with E-state index in [-0.39, 0.29) is 11.6 Å². The molecule has 0 bridgehead atoms. The summed E-state index contributed by atoms with van der Waals surface area (Å²) < 4.78 is 4.99. The number of benzene rings is 1. The van der Waals surface area contributed by atoms with Crippen LogP contribution in [0.2, 0.25) is 0 Å². The molecule has 8 heteroatoms. The predicted octanol–water partition coefficient (Wildman–Crippen LogP) is 0.793. The highest BCUT2D eigenvalue weighted by molar-refractivity contribution is 5.33. The van der Waals surface area contributed by atoms with E-state index in [1.54, 1.807) is 20.3 Å². The summed E-state index contributed by atoms with van der Waals surface area (Å²) in [7, 11) is 0. The topological polar surface area (TPSA) is 82.6 Å². The van der Waals surface area contributed by atoms with Crippen LogP contribution in [-0.4, -0.2) is 42.2 Å². The van der Waals surface area contributed by atoms with Gasteiger partial charge in [0.1, 0.15) is 18.5 Å². The molecule has 0 spiro atoms. The van der Waals surface area contributed by atoms with Crippen molar-refractivity contribution in [1.29, 1.82) is 0 Å². The second-order valence-electron chi connectivity index (χ2n) is 6.24. The van der Waals surface area contributed by atoms with Gasteiger partial charge in [0.2, 0.25) is 0 Å². The normalized spacial score (nSPS) is 17.7. The summed E-state index contributed by atoms with van der Waals surface area (Å²) in [6.45, 7) is 2.91.